The summed E-state index contributed by atoms with van der Waals surface area (Å²) >= 11 is 12.1. The van der Waals surface area contributed by atoms with Gasteiger partial charge in [-0.3, -0.25) is 4.99 Å². The van der Waals surface area contributed by atoms with E-state index in [1.807, 2.05) is 12.1 Å². The highest BCUT2D eigenvalue weighted by molar-refractivity contribution is 6.35. The lowest BCUT2D eigenvalue weighted by Gasteiger charge is -2.11. The second-order valence-electron chi connectivity index (χ2n) is 5.25. The molecule has 6 nitrogen and oxygen atoms in total. The number of hydrogen-bond donors (Lipinski definition) is 2. The minimum absolute atomic E-state index is 0.618. The average Bonchev–Trinajstić information content (AvgIpc) is 2.96. The van der Waals surface area contributed by atoms with E-state index in [2.05, 4.69) is 25.8 Å². The molecule has 2 rings (SSSR count). The van der Waals surface area contributed by atoms with Crippen molar-refractivity contribution in [3.8, 4) is 0 Å². The quantitative estimate of drug-likeness (QED) is 0.445. The van der Waals surface area contributed by atoms with Crippen LogP contribution in [0.25, 0.3) is 0 Å². The van der Waals surface area contributed by atoms with Gasteiger partial charge in [0.2, 0.25) is 5.89 Å². The summed E-state index contributed by atoms with van der Waals surface area (Å²) in [6.07, 6.45) is 2.47. The molecule has 2 N–H and O–H groups in total. The summed E-state index contributed by atoms with van der Waals surface area (Å²) in [7, 11) is 1.74. The molecule has 0 aliphatic heterocycles. The van der Waals surface area contributed by atoms with E-state index < -0.39 is 0 Å². The van der Waals surface area contributed by atoms with E-state index in [0.29, 0.717) is 34.7 Å². The molecule has 8 heteroatoms. The topological polar surface area (TPSA) is 75.3 Å². The predicted octanol–water partition coefficient (Wildman–Crippen LogP) is 3.03. The average molecular weight is 370 g/mol. The zero-order valence-electron chi connectivity index (χ0n) is 13.8. The molecule has 0 amide bonds. The van der Waals surface area contributed by atoms with Crippen molar-refractivity contribution in [2.24, 2.45) is 4.99 Å². The maximum absolute atomic E-state index is 6.17. The number of guanidine groups is 1. The number of nitrogens with zero attached hydrogens (tertiary/aromatic N) is 3. The fourth-order valence-corrected chi connectivity index (χ4v) is 2.66. The zero-order chi connectivity index (χ0) is 17.4. The molecule has 130 valence electrons. The number of nitrogens with one attached hydrogen (secondary N) is 2. The van der Waals surface area contributed by atoms with Crippen LogP contribution in [-0.2, 0) is 12.8 Å². The second kappa shape index (κ2) is 9.49. The van der Waals surface area contributed by atoms with Gasteiger partial charge in [-0.2, -0.15) is 4.98 Å². The van der Waals surface area contributed by atoms with Gasteiger partial charge in [0.15, 0.2) is 11.8 Å². The van der Waals surface area contributed by atoms with E-state index in [-0.39, 0.29) is 0 Å². The van der Waals surface area contributed by atoms with Gasteiger partial charge in [0.1, 0.15) is 0 Å². The minimum Gasteiger partial charge on any atom is -0.356 e. The van der Waals surface area contributed by atoms with Crippen LogP contribution in [0.4, 0.5) is 0 Å². The summed E-state index contributed by atoms with van der Waals surface area (Å²) in [5.41, 5.74) is 1.09. The Kier molecular flexibility index (Phi) is 7.34. The first kappa shape index (κ1) is 18.5. The monoisotopic (exact) mass is 369 g/mol. The molecule has 1 aromatic heterocycles. The molecule has 0 bridgehead atoms. The summed E-state index contributed by atoms with van der Waals surface area (Å²) in [6, 6.07) is 5.59. The maximum Gasteiger partial charge on any atom is 0.228 e. The van der Waals surface area contributed by atoms with Crippen molar-refractivity contribution in [2.45, 2.75) is 26.2 Å². The molecule has 1 heterocycles. The van der Waals surface area contributed by atoms with Gasteiger partial charge in [-0.05, 0) is 37.5 Å². The Morgan fingerprint density at radius 1 is 1.21 bits per heavy atom. The van der Waals surface area contributed by atoms with E-state index in [1.54, 1.807) is 20.0 Å². The minimum atomic E-state index is 0.618. The van der Waals surface area contributed by atoms with E-state index in [4.69, 9.17) is 27.7 Å². The molecule has 0 aliphatic carbocycles. The maximum atomic E-state index is 6.17. The van der Waals surface area contributed by atoms with Crippen LogP contribution >= 0.6 is 23.2 Å². The van der Waals surface area contributed by atoms with Crippen LogP contribution in [0.2, 0.25) is 10.0 Å². The summed E-state index contributed by atoms with van der Waals surface area (Å²) in [6.45, 7) is 3.26. The SMILES string of the molecule is CN=C(NCCCc1ccc(Cl)cc1Cl)NCCc1nc(C)no1. The molecule has 0 atom stereocenters. The van der Waals surface area contributed by atoms with Crippen LogP contribution in [-0.4, -0.2) is 36.2 Å². The molecule has 1 aromatic carbocycles. The number of aryl methyl sites for hydroxylation is 2. The van der Waals surface area contributed by atoms with Crippen molar-refractivity contribution in [1.29, 1.82) is 0 Å². The van der Waals surface area contributed by atoms with Crippen LogP contribution in [0.3, 0.4) is 0 Å². The summed E-state index contributed by atoms with van der Waals surface area (Å²) in [5, 5.41) is 11.6. The first-order valence-corrected chi connectivity index (χ1v) is 8.51. The Hall–Kier alpha value is -1.79. The van der Waals surface area contributed by atoms with Crippen LogP contribution in [0, 0.1) is 6.92 Å². The van der Waals surface area contributed by atoms with Crippen LogP contribution in [0.1, 0.15) is 23.7 Å². The van der Waals surface area contributed by atoms with E-state index in [0.717, 1.165) is 30.9 Å². The first-order valence-electron chi connectivity index (χ1n) is 7.76. The Morgan fingerprint density at radius 2 is 2.00 bits per heavy atom. The van der Waals surface area contributed by atoms with E-state index in [9.17, 15) is 0 Å². The fraction of sp³-hybridized carbons (Fsp3) is 0.438. The highest BCUT2D eigenvalue weighted by Crippen LogP contribution is 2.21. The normalized spacial score (nSPS) is 11.6. The van der Waals surface area contributed by atoms with Crippen molar-refractivity contribution in [2.75, 3.05) is 20.1 Å². The number of benzene rings is 1. The second-order valence-corrected chi connectivity index (χ2v) is 6.09. The van der Waals surface area contributed by atoms with Gasteiger partial charge in [0.05, 0.1) is 0 Å². The molecule has 2 aromatic rings. The van der Waals surface area contributed by atoms with E-state index in [1.165, 1.54) is 0 Å². The number of aromatic nitrogens is 2. The van der Waals surface area contributed by atoms with Crippen molar-refractivity contribution in [1.82, 2.24) is 20.8 Å². The van der Waals surface area contributed by atoms with Gasteiger partial charge in [-0.25, -0.2) is 0 Å². The number of rotatable bonds is 7. The lowest BCUT2D eigenvalue weighted by Crippen LogP contribution is -2.38. The van der Waals surface area contributed by atoms with Crippen molar-refractivity contribution in [3.63, 3.8) is 0 Å². The van der Waals surface area contributed by atoms with Gasteiger partial charge in [-0.15, -0.1) is 0 Å². The Morgan fingerprint density at radius 3 is 2.67 bits per heavy atom. The lowest BCUT2D eigenvalue weighted by molar-refractivity contribution is 0.374. The third-order valence-corrected chi connectivity index (χ3v) is 3.94. The standard InChI is InChI=1S/C16H21Cl2N5O/c1-11-22-15(24-23-11)7-9-21-16(19-2)20-8-3-4-12-5-6-13(17)10-14(12)18/h5-6,10H,3-4,7-9H2,1-2H3,(H2,19,20,21). The smallest absolute Gasteiger partial charge is 0.228 e. The third-order valence-electron chi connectivity index (χ3n) is 3.36. The van der Waals surface area contributed by atoms with Gasteiger partial charge in [-0.1, -0.05) is 34.4 Å². The number of hydrogen-bond acceptors (Lipinski definition) is 4. The van der Waals surface area contributed by atoms with Crippen LogP contribution in [0.15, 0.2) is 27.7 Å². The van der Waals surface area contributed by atoms with Crippen molar-refractivity contribution >= 4 is 29.2 Å². The first-order chi connectivity index (χ1) is 11.6. The van der Waals surface area contributed by atoms with Crippen molar-refractivity contribution < 1.29 is 4.52 Å². The number of halogens is 2. The van der Waals surface area contributed by atoms with Gasteiger partial charge in [0.25, 0.3) is 0 Å². The Labute approximate surface area is 151 Å². The molecule has 0 spiro atoms. The lowest BCUT2D eigenvalue weighted by atomic mass is 10.1. The molecule has 0 saturated carbocycles. The Balaban J connectivity index is 1.66. The molecular weight excluding hydrogens is 349 g/mol. The fourth-order valence-electron chi connectivity index (χ4n) is 2.16. The van der Waals surface area contributed by atoms with Crippen LogP contribution < -0.4 is 10.6 Å². The summed E-state index contributed by atoms with van der Waals surface area (Å²) in [4.78, 5) is 8.34. The number of aliphatic imine (C=N–C) groups is 1. The van der Waals surface area contributed by atoms with Crippen LogP contribution in [0.5, 0.6) is 0 Å². The Bertz CT molecular complexity index is 687. The largest absolute Gasteiger partial charge is 0.356 e. The van der Waals surface area contributed by atoms with Gasteiger partial charge in [0, 0.05) is 36.6 Å². The molecule has 0 aliphatic rings. The predicted molar refractivity (Wildman–Crippen MR) is 96.9 cm³/mol. The summed E-state index contributed by atoms with van der Waals surface area (Å²) in [5.74, 6) is 2.01. The summed E-state index contributed by atoms with van der Waals surface area (Å²) < 4.78 is 5.06. The molecule has 0 saturated heterocycles. The van der Waals surface area contributed by atoms with E-state index >= 15 is 0 Å². The highest BCUT2D eigenvalue weighted by atomic mass is 35.5. The highest BCUT2D eigenvalue weighted by Gasteiger charge is 2.04. The molecule has 0 fully saturated rings. The molecule has 0 unspecified atom stereocenters. The molecular formula is C16H21Cl2N5O. The van der Waals surface area contributed by atoms with Gasteiger partial charge < -0.3 is 15.2 Å². The molecule has 0 radical (unpaired) electrons. The third kappa shape index (κ3) is 6.02. The van der Waals surface area contributed by atoms with Crippen molar-refractivity contribution in [3.05, 3.63) is 45.5 Å². The molecule has 24 heavy (non-hydrogen) atoms. The van der Waals surface area contributed by atoms with Gasteiger partial charge >= 0.3 is 0 Å². The zero-order valence-corrected chi connectivity index (χ0v) is 15.3.